The van der Waals surface area contributed by atoms with E-state index >= 15 is 0 Å². The minimum absolute atomic E-state index is 0.151. The van der Waals surface area contributed by atoms with Crippen molar-refractivity contribution in [3.05, 3.63) is 101 Å². The van der Waals surface area contributed by atoms with Crippen LogP contribution in [0.4, 0.5) is 10.1 Å². The first kappa shape index (κ1) is 19.0. The molecule has 0 atom stereocenters. The standard InChI is InChI=1S/C22H16FNO4/c23-18-11-9-16(10-12-18)22(27)28-14-20(25)17-7-4-8-19(13-17)24-21(26)15-5-2-1-3-6-15/h1-13H,14H2,(H,24,26). The summed E-state index contributed by atoms with van der Waals surface area (Å²) in [4.78, 5) is 36.4. The molecule has 140 valence electrons. The van der Waals surface area contributed by atoms with Crippen LogP contribution in [0, 0.1) is 5.82 Å². The minimum Gasteiger partial charge on any atom is -0.454 e. The summed E-state index contributed by atoms with van der Waals surface area (Å²) in [6, 6.07) is 19.9. The van der Waals surface area contributed by atoms with Crippen molar-refractivity contribution >= 4 is 23.3 Å². The molecule has 0 saturated carbocycles. The van der Waals surface area contributed by atoms with E-state index in [4.69, 9.17) is 4.74 Å². The molecule has 6 heteroatoms. The number of hydrogen-bond donors (Lipinski definition) is 1. The van der Waals surface area contributed by atoms with Gasteiger partial charge in [0.05, 0.1) is 5.56 Å². The van der Waals surface area contributed by atoms with E-state index < -0.39 is 24.2 Å². The number of carbonyl (C=O) groups is 3. The quantitative estimate of drug-likeness (QED) is 0.518. The largest absolute Gasteiger partial charge is 0.454 e. The van der Waals surface area contributed by atoms with E-state index in [1.807, 2.05) is 6.07 Å². The third kappa shape index (κ3) is 4.88. The van der Waals surface area contributed by atoms with E-state index in [2.05, 4.69) is 5.32 Å². The van der Waals surface area contributed by atoms with Gasteiger partial charge in [0.2, 0.25) is 0 Å². The summed E-state index contributed by atoms with van der Waals surface area (Å²) in [6.45, 7) is -0.466. The Morgan fingerprint density at radius 1 is 0.786 bits per heavy atom. The molecule has 1 N–H and O–H groups in total. The predicted molar refractivity (Wildman–Crippen MR) is 102 cm³/mol. The number of esters is 1. The number of ketones is 1. The maximum absolute atomic E-state index is 12.9. The monoisotopic (exact) mass is 377 g/mol. The average Bonchev–Trinajstić information content (AvgIpc) is 2.73. The van der Waals surface area contributed by atoms with Gasteiger partial charge in [0.25, 0.3) is 5.91 Å². The maximum atomic E-state index is 12.9. The molecule has 0 radical (unpaired) electrons. The summed E-state index contributed by atoms with van der Waals surface area (Å²) in [6.07, 6.45) is 0. The first-order valence-corrected chi connectivity index (χ1v) is 8.45. The van der Waals surface area contributed by atoms with Crippen LogP contribution in [-0.4, -0.2) is 24.3 Å². The highest BCUT2D eigenvalue weighted by Gasteiger charge is 2.13. The first-order valence-electron chi connectivity index (χ1n) is 8.45. The van der Waals surface area contributed by atoms with Crippen LogP contribution in [0.2, 0.25) is 0 Å². The summed E-state index contributed by atoms with van der Waals surface area (Å²) in [5.74, 6) is -1.91. The molecule has 1 amide bonds. The number of halogens is 1. The molecule has 0 heterocycles. The van der Waals surface area contributed by atoms with Crippen LogP contribution in [0.5, 0.6) is 0 Å². The highest BCUT2D eigenvalue weighted by Crippen LogP contribution is 2.14. The Hall–Kier alpha value is -3.80. The van der Waals surface area contributed by atoms with Gasteiger partial charge in [-0.3, -0.25) is 9.59 Å². The molecule has 0 aliphatic carbocycles. The number of ether oxygens (including phenoxy) is 1. The Bertz CT molecular complexity index is 1000. The van der Waals surface area contributed by atoms with Crippen molar-refractivity contribution in [1.29, 1.82) is 0 Å². The summed E-state index contributed by atoms with van der Waals surface area (Å²) >= 11 is 0. The molecule has 28 heavy (non-hydrogen) atoms. The Balaban J connectivity index is 1.61. The SMILES string of the molecule is O=C(COC(=O)c1ccc(F)cc1)c1cccc(NC(=O)c2ccccc2)c1. The van der Waals surface area contributed by atoms with E-state index in [1.165, 1.54) is 18.2 Å². The fourth-order valence-corrected chi connectivity index (χ4v) is 2.45. The van der Waals surface area contributed by atoms with Gasteiger partial charge in [0.15, 0.2) is 12.4 Å². The lowest BCUT2D eigenvalue weighted by atomic mass is 10.1. The fourth-order valence-electron chi connectivity index (χ4n) is 2.45. The van der Waals surface area contributed by atoms with E-state index in [0.717, 1.165) is 12.1 Å². The molecular weight excluding hydrogens is 361 g/mol. The van der Waals surface area contributed by atoms with Crippen LogP contribution in [0.3, 0.4) is 0 Å². The third-order valence-corrected chi connectivity index (χ3v) is 3.89. The van der Waals surface area contributed by atoms with Crippen LogP contribution in [0.1, 0.15) is 31.1 Å². The molecule has 0 aliphatic rings. The second-order valence-corrected chi connectivity index (χ2v) is 5.91. The van der Waals surface area contributed by atoms with Crippen LogP contribution < -0.4 is 5.32 Å². The topological polar surface area (TPSA) is 72.5 Å². The minimum atomic E-state index is -0.720. The molecule has 3 aromatic rings. The maximum Gasteiger partial charge on any atom is 0.338 e. The molecule has 3 aromatic carbocycles. The lowest BCUT2D eigenvalue weighted by Gasteiger charge is -2.08. The van der Waals surface area contributed by atoms with E-state index in [0.29, 0.717) is 11.3 Å². The molecule has 0 spiro atoms. The molecule has 0 fully saturated rings. The smallest absolute Gasteiger partial charge is 0.338 e. The van der Waals surface area contributed by atoms with Gasteiger partial charge < -0.3 is 10.1 Å². The number of rotatable bonds is 6. The van der Waals surface area contributed by atoms with Crippen molar-refractivity contribution < 1.29 is 23.5 Å². The van der Waals surface area contributed by atoms with Crippen molar-refractivity contribution in [2.75, 3.05) is 11.9 Å². The van der Waals surface area contributed by atoms with E-state index in [-0.39, 0.29) is 17.0 Å². The number of carbonyl (C=O) groups excluding carboxylic acids is 3. The molecule has 0 saturated heterocycles. The van der Waals surface area contributed by atoms with Crippen LogP contribution in [-0.2, 0) is 4.74 Å². The Kier molecular flexibility index (Phi) is 5.91. The van der Waals surface area contributed by atoms with Crippen molar-refractivity contribution in [3.63, 3.8) is 0 Å². The average molecular weight is 377 g/mol. The number of nitrogens with one attached hydrogen (secondary N) is 1. The highest BCUT2D eigenvalue weighted by atomic mass is 19.1. The van der Waals surface area contributed by atoms with Crippen molar-refractivity contribution in [2.45, 2.75) is 0 Å². The summed E-state index contributed by atoms with van der Waals surface area (Å²) < 4.78 is 17.9. The Morgan fingerprint density at radius 2 is 1.46 bits per heavy atom. The number of anilines is 1. The number of benzene rings is 3. The zero-order valence-electron chi connectivity index (χ0n) is 14.7. The zero-order valence-corrected chi connectivity index (χ0v) is 14.7. The summed E-state index contributed by atoms with van der Waals surface area (Å²) in [5, 5.41) is 2.72. The lowest BCUT2D eigenvalue weighted by molar-refractivity contribution is 0.0474. The first-order chi connectivity index (χ1) is 13.5. The van der Waals surface area contributed by atoms with Gasteiger partial charge in [0.1, 0.15) is 5.82 Å². The molecule has 0 unspecified atom stereocenters. The second kappa shape index (κ2) is 8.73. The summed E-state index contributed by atoms with van der Waals surface area (Å²) in [7, 11) is 0. The van der Waals surface area contributed by atoms with Crippen LogP contribution in [0.15, 0.2) is 78.9 Å². The molecule has 0 aliphatic heterocycles. The van der Waals surface area contributed by atoms with Gasteiger partial charge >= 0.3 is 5.97 Å². The molecule has 5 nitrogen and oxygen atoms in total. The van der Waals surface area contributed by atoms with Gasteiger partial charge in [-0.25, -0.2) is 9.18 Å². The van der Waals surface area contributed by atoms with Crippen molar-refractivity contribution in [2.24, 2.45) is 0 Å². The third-order valence-electron chi connectivity index (χ3n) is 3.89. The Labute approximate surface area is 160 Å². The van der Waals surface area contributed by atoms with E-state index in [1.54, 1.807) is 42.5 Å². The molecule has 3 rings (SSSR count). The second-order valence-electron chi connectivity index (χ2n) is 5.91. The fraction of sp³-hybridized carbons (Fsp3) is 0.0455. The molecule has 0 bridgehead atoms. The Morgan fingerprint density at radius 3 is 2.18 bits per heavy atom. The normalized spacial score (nSPS) is 10.2. The molecule has 0 aromatic heterocycles. The highest BCUT2D eigenvalue weighted by molar-refractivity contribution is 6.05. The summed E-state index contributed by atoms with van der Waals surface area (Å²) in [5.41, 5.74) is 1.38. The van der Waals surface area contributed by atoms with E-state index in [9.17, 15) is 18.8 Å². The van der Waals surface area contributed by atoms with Crippen LogP contribution in [0.25, 0.3) is 0 Å². The zero-order chi connectivity index (χ0) is 19.9. The predicted octanol–water partition coefficient (Wildman–Crippen LogP) is 4.12. The van der Waals surface area contributed by atoms with Gasteiger partial charge in [-0.05, 0) is 48.5 Å². The molecular formula is C22H16FNO4. The lowest BCUT2D eigenvalue weighted by Crippen LogP contribution is -2.15. The van der Waals surface area contributed by atoms with Gasteiger partial charge in [-0.2, -0.15) is 0 Å². The van der Waals surface area contributed by atoms with Crippen molar-refractivity contribution in [1.82, 2.24) is 0 Å². The van der Waals surface area contributed by atoms with Crippen molar-refractivity contribution in [3.8, 4) is 0 Å². The number of amides is 1. The number of Topliss-reactive ketones (excluding diaryl/α,β-unsaturated/α-hetero) is 1. The van der Waals surface area contributed by atoms with Gasteiger partial charge in [-0.15, -0.1) is 0 Å². The van der Waals surface area contributed by atoms with Gasteiger partial charge in [0, 0.05) is 16.8 Å². The van der Waals surface area contributed by atoms with Gasteiger partial charge in [-0.1, -0.05) is 30.3 Å². The number of hydrogen-bond acceptors (Lipinski definition) is 4. The van der Waals surface area contributed by atoms with Crippen LogP contribution >= 0.6 is 0 Å².